The lowest BCUT2D eigenvalue weighted by molar-refractivity contribution is -0.121. The average molecular weight is 493 g/mol. The van der Waals surface area contributed by atoms with Crippen molar-refractivity contribution in [2.24, 2.45) is 5.92 Å². The van der Waals surface area contributed by atoms with Gasteiger partial charge in [-0.2, -0.15) is 4.31 Å². The van der Waals surface area contributed by atoms with Gasteiger partial charge in [-0.15, -0.1) is 16.9 Å². The molecule has 168 valence electrons. The van der Waals surface area contributed by atoms with Crippen molar-refractivity contribution in [2.75, 3.05) is 24.7 Å². The van der Waals surface area contributed by atoms with Crippen LogP contribution in [-0.2, 0) is 14.8 Å². The summed E-state index contributed by atoms with van der Waals surface area (Å²) in [7, 11) is -3.62. The number of thioether (sulfide) groups is 1. The molecule has 4 rings (SSSR count). The van der Waals surface area contributed by atoms with Crippen LogP contribution in [0.15, 0.2) is 62.7 Å². The van der Waals surface area contributed by atoms with Crippen LogP contribution in [0.1, 0.15) is 12.8 Å². The smallest absolute Gasteiger partial charge is 0.322 e. The fraction of sp³-hybridized carbons (Fsp3) is 0.286. The molecule has 0 spiro atoms. The highest BCUT2D eigenvalue weighted by molar-refractivity contribution is 7.98. The van der Waals surface area contributed by atoms with Gasteiger partial charge >= 0.3 is 6.01 Å². The number of piperidine rings is 1. The Morgan fingerprint density at radius 1 is 1.16 bits per heavy atom. The van der Waals surface area contributed by atoms with E-state index in [2.05, 4.69) is 15.5 Å². The third-order valence-corrected chi connectivity index (χ3v) is 8.14. The number of hydrogen-bond acceptors (Lipinski definition) is 7. The van der Waals surface area contributed by atoms with E-state index >= 15 is 0 Å². The summed E-state index contributed by atoms with van der Waals surface area (Å²) in [6, 6.07) is 13.8. The minimum atomic E-state index is -3.62. The number of hydrogen-bond donors (Lipinski definition) is 1. The molecule has 0 atom stereocenters. The van der Waals surface area contributed by atoms with E-state index in [1.165, 1.54) is 16.4 Å². The molecule has 1 fully saturated rings. The van der Waals surface area contributed by atoms with E-state index in [4.69, 9.17) is 16.0 Å². The van der Waals surface area contributed by atoms with Gasteiger partial charge in [0.05, 0.1) is 4.90 Å². The predicted molar refractivity (Wildman–Crippen MR) is 123 cm³/mol. The Bertz CT molecular complexity index is 1210. The first-order chi connectivity index (χ1) is 15.4. The van der Waals surface area contributed by atoms with E-state index in [0.29, 0.717) is 23.8 Å². The molecule has 1 N–H and O–H groups in total. The van der Waals surface area contributed by atoms with Crippen LogP contribution in [0.2, 0.25) is 5.02 Å². The number of benzene rings is 2. The van der Waals surface area contributed by atoms with Crippen molar-refractivity contribution in [1.29, 1.82) is 0 Å². The van der Waals surface area contributed by atoms with E-state index in [1.807, 2.05) is 30.5 Å². The summed E-state index contributed by atoms with van der Waals surface area (Å²) in [4.78, 5) is 13.9. The molecule has 0 unspecified atom stereocenters. The minimum absolute atomic E-state index is 0.0239. The Morgan fingerprint density at radius 2 is 1.88 bits per heavy atom. The van der Waals surface area contributed by atoms with Crippen LogP contribution in [0, 0.1) is 5.92 Å². The van der Waals surface area contributed by atoms with Gasteiger partial charge in [0.2, 0.25) is 21.8 Å². The predicted octanol–water partition coefficient (Wildman–Crippen LogP) is 4.15. The molecular formula is C21H21ClN4O4S2. The van der Waals surface area contributed by atoms with Crippen molar-refractivity contribution in [3.63, 3.8) is 0 Å². The van der Waals surface area contributed by atoms with Crippen molar-refractivity contribution in [3.05, 3.63) is 53.6 Å². The van der Waals surface area contributed by atoms with Crippen molar-refractivity contribution in [3.8, 4) is 11.5 Å². The first kappa shape index (κ1) is 22.8. The molecular weight excluding hydrogens is 472 g/mol. The standard InChI is InChI=1S/C21H21ClN4O4S2/c1-31-17-4-2-3-15(13-17)20-24-25-21(30-20)23-19(27)14-9-11-26(12-10-14)32(28,29)18-7-5-16(22)6-8-18/h2-8,13-14H,9-12H2,1H3,(H,23,25,27). The summed E-state index contributed by atoms with van der Waals surface area (Å²) in [5, 5.41) is 11.0. The number of rotatable bonds is 6. The number of carbonyl (C=O) groups excluding carboxylic acids is 1. The van der Waals surface area contributed by atoms with Crippen LogP contribution in [-0.4, -0.2) is 48.2 Å². The maximum atomic E-state index is 12.8. The molecule has 11 heteroatoms. The molecule has 1 aliphatic heterocycles. The van der Waals surface area contributed by atoms with Gasteiger partial charge in [-0.25, -0.2) is 8.42 Å². The molecule has 32 heavy (non-hydrogen) atoms. The molecule has 1 aromatic heterocycles. The zero-order chi connectivity index (χ0) is 22.7. The van der Waals surface area contributed by atoms with E-state index < -0.39 is 10.0 Å². The number of nitrogens with zero attached hydrogens (tertiary/aromatic N) is 3. The molecule has 0 radical (unpaired) electrons. The molecule has 2 heterocycles. The second-order valence-corrected chi connectivity index (χ2v) is 10.5. The Hall–Kier alpha value is -2.40. The van der Waals surface area contributed by atoms with Gasteiger partial charge in [0, 0.05) is 34.5 Å². The summed E-state index contributed by atoms with van der Waals surface area (Å²) < 4.78 is 32.6. The first-order valence-electron chi connectivity index (χ1n) is 9.91. The summed E-state index contributed by atoms with van der Waals surface area (Å²) in [5.41, 5.74) is 0.769. The van der Waals surface area contributed by atoms with Crippen molar-refractivity contribution in [2.45, 2.75) is 22.6 Å². The maximum absolute atomic E-state index is 12.8. The number of anilines is 1. The maximum Gasteiger partial charge on any atom is 0.322 e. The highest BCUT2D eigenvalue weighted by Crippen LogP contribution is 2.27. The van der Waals surface area contributed by atoms with E-state index in [0.717, 1.165) is 10.5 Å². The quantitative estimate of drug-likeness (QED) is 0.515. The molecule has 8 nitrogen and oxygen atoms in total. The summed E-state index contributed by atoms with van der Waals surface area (Å²) in [5.74, 6) is -0.288. The summed E-state index contributed by atoms with van der Waals surface area (Å²) in [6.45, 7) is 0.499. The third kappa shape index (κ3) is 4.98. The Kier molecular flexibility index (Phi) is 6.85. The Balaban J connectivity index is 1.36. The van der Waals surface area contributed by atoms with Gasteiger partial charge in [0.1, 0.15) is 0 Å². The highest BCUT2D eigenvalue weighted by Gasteiger charge is 2.32. The lowest BCUT2D eigenvalue weighted by Gasteiger charge is -2.30. The number of nitrogens with one attached hydrogen (secondary N) is 1. The minimum Gasteiger partial charge on any atom is -0.403 e. The number of amides is 1. The number of sulfonamides is 1. The molecule has 2 aromatic carbocycles. The molecule has 0 aliphatic carbocycles. The Morgan fingerprint density at radius 3 is 2.56 bits per heavy atom. The van der Waals surface area contributed by atoms with Crippen molar-refractivity contribution >= 4 is 45.3 Å². The number of halogens is 1. The normalized spacial score (nSPS) is 15.6. The van der Waals surface area contributed by atoms with E-state index in [1.54, 1.807) is 23.9 Å². The van der Waals surface area contributed by atoms with Crippen LogP contribution >= 0.6 is 23.4 Å². The number of aromatic nitrogens is 2. The van der Waals surface area contributed by atoms with E-state index in [9.17, 15) is 13.2 Å². The molecule has 1 amide bonds. The SMILES string of the molecule is CSc1cccc(-c2nnc(NC(=O)C3CCN(S(=O)(=O)c4ccc(Cl)cc4)CC3)o2)c1. The molecule has 1 saturated heterocycles. The molecule has 0 saturated carbocycles. The van der Waals surface area contributed by atoms with Crippen molar-refractivity contribution in [1.82, 2.24) is 14.5 Å². The number of carbonyl (C=O) groups is 1. The fourth-order valence-electron chi connectivity index (χ4n) is 3.47. The van der Waals surface area contributed by atoms with Crippen molar-refractivity contribution < 1.29 is 17.6 Å². The topological polar surface area (TPSA) is 105 Å². The van der Waals surface area contributed by atoms with Crippen LogP contribution in [0.3, 0.4) is 0 Å². The lowest BCUT2D eigenvalue weighted by Crippen LogP contribution is -2.41. The average Bonchev–Trinajstić information content (AvgIpc) is 3.28. The second kappa shape index (κ2) is 9.62. The molecule has 3 aromatic rings. The fourth-order valence-corrected chi connectivity index (χ4v) is 5.52. The third-order valence-electron chi connectivity index (χ3n) is 5.25. The van der Waals surface area contributed by atoms with Crippen LogP contribution in [0.4, 0.5) is 6.01 Å². The summed E-state index contributed by atoms with van der Waals surface area (Å²) >= 11 is 7.45. The van der Waals surface area contributed by atoms with Gasteiger partial charge in [0.25, 0.3) is 0 Å². The highest BCUT2D eigenvalue weighted by atomic mass is 35.5. The van der Waals surface area contributed by atoms with Crippen LogP contribution < -0.4 is 5.32 Å². The van der Waals surface area contributed by atoms with Gasteiger partial charge < -0.3 is 4.42 Å². The van der Waals surface area contributed by atoms with Crippen LogP contribution in [0.5, 0.6) is 0 Å². The van der Waals surface area contributed by atoms with Gasteiger partial charge in [-0.3, -0.25) is 10.1 Å². The van der Waals surface area contributed by atoms with E-state index in [-0.39, 0.29) is 35.8 Å². The van der Waals surface area contributed by atoms with Gasteiger partial charge in [-0.05, 0) is 61.6 Å². The zero-order valence-electron chi connectivity index (χ0n) is 17.2. The monoisotopic (exact) mass is 492 g/mol. The van der Waals surface area contributed by atoms with Gasteiger partial charge in [0.15, 0.2) is 0 Å². The second-order valence-electron chi connectivity index (χ2n) is 7.27. The molecule has 1 aliphatic rings. The summed E-state index contributed by atoms with van der Waals surface area (Å²) in [6.07, 6.45) is 2.77. The van der Waals surface area contributed by atoms with Crippen LogP contribution in [0.25, 0.3) is 11.5 Å². The first-order valence-corrected chi connectivity index (χ1v) is 13.0. The Labute approximate surface area is 195 Å². The lowest BCUT2D eigenvalue weighted by atomic mass is 9.97. The molecule has 0 bridgehead atoms. The zero-order valence-corrected chi connectivity index (χ0v) is 19.6. The van der Waals surface area contributed by atoms with Gasteiger partial charge in [-0.1, -0.05) is 22.8 Å². The largest absolute Gasteiger partial charge is 0.403 e.